The van der Waals surface area contributed by atoms with Crippen molar-refractivity contribution in [3.05, 3.63) is 52.4 Å². The number of hydrogen-bond donors (Lipinski definition) is 0. The average Bonchev–Trinajstić information content (AvgIpc) is 2.70. The predicted molar refractivity (Wildman–Crippen MR) is 103 cm³/mol. The molecule has 3 heterocycles. The summed E-state index contributed by atoms with van der Waals surface area (Å²) in [5.41, 5.74) is 0.750. The second-order valence-electron chi connectivity index (χ2n) is 7.57. The second kappa shape index (κ2) is 7.66. The van der Waals surface area contributed by atoms with Crippen molar-refractivity contribution in [1.82, 2.24) is 14.7 Å². The molecule has 2 atom stereocenters. The average molecular weight is 383 g/mol. The minimum Gasteiger partial charge on any atom is -0.482 e. The lowest BCUT2D eigenvalue weighted by Crippen LogP contribution is -2.52. The van der Waals surface area contributed by atoms with Crippen LogP contribution in [-0.2, 0) is 11.3 Å². The Hall–Kier alpha value is -2.83. The lowest BCUT2D eigenvalue weighted by atomic mass is 9.96. The van der Waals surface area contributed by atoms with Crippen molar-refractivity contribution in [3.63, 3.8) is 0 Å². The monoisotopic (exact) mass is 383 g/mol. The standard InChI is InChI=1S/C21H25N3O4/c1-14-7-8-19(25)24(22-14)13-16-9-11-23(12-10-16)21(26)20-15(2)27-17-5-3-4-6-18(17)28-20/h3-8,15-16,20H,9-13H2,1-2H3. The first kappa shape index (κ1) is 18.5. The van der Waals surface area contributed by atoms with Crippen molar-refractivity contribution in [3.8, 4) is 11.5 Å². The Morgan fingerprint density at radius 3 is 2.50 bits per heavy atom. The van der Waals surface area contributed by atoms with Crippen molar-refractivity contribution < 1.29 is 14.3 Å². The maximum atomic E-state index is 13.0. The lowest BCUT2D eigenvalue weighted by molar-refractivity contribution is -0.145. The van der Waals surface area contributed by atoms with Crippen LogP contribution in [0.15, 0.2) is 41.2 Å². The maximum absolute atomic E-state index is 13.0. The molecule has 2 aliphatic heterocycles. The minimum atomic E-state index is -0.632. The van der Waals surface area contributed by atoms with Gasteiger partial charge in [-0.25, -0.2) is 4.68 Å². The summed E-state index contributed by atoms with van der Waals surface area (Å²) >= 11 is 0. The second-order valence-corrected chi connectivity index (χ2v) is 7.57. The normalized spacial score (nSPS) is 22.1. The van der Waals surface area contributed by atoms with Crippen LogP contribution in [0.25, 0.3) is 0 Å². The van der Waals surface area contributed by atoms with Gasteiger partial charge >= 0.3 is 0 Å². The van der Waals surface area contributed by atoms with Crippen LogP contribution in [0.2, 0.25) is 0 Å². The Labute approximate surface area is 163 Å². The molecule has 0 aliphatic carbocycles. The van der Waals surface area contributed by atoms with Gasteiger partial charge in [0, 0.05) is 25.7 Å². The van der Waals surface area contributed by atoms with Crippen molar-refractivity contribution in [1.29, 1.82) is 0 Å². The summed E-state index contributed by atoms with van der Waals surface area (Å²) in [6.45, 7) is 5.63. The highest BCUT2D eigenvalue weighted by Crippen LogP contribution is 2.34. The third kappa shape index (κ3) is 3.74. The Balaban J connectivity index is 1.36. The van der Waals surface area contributed by atoms with Gasteiger partial charge in [-0.2, -0.15) is 5.10 Å². The molecule has 2 aromatic rings. The molecule has 1 fully saturated rings. The Morgan fingerprint density at radius 1 is 1.11 bits per heavy atom. The quantitative estimate of drug-likeness (QED) is 0.811. The van der Waals surface area contributed by atoms with Gasteiger partial charge in [-0.3, -0.25) is 9.59 Å². The number of carbonyl (C=O) groups is 1. The Bertz CT molecular complexity index is 918. The van der Waals surface area contributed by atoms with E-state index in [1.54, 1.807) is 12.1 Å². The molecule has 1 saturated heterocycles. The van der Waals surface area contributed by atoms with E-state index in [1.165, 1.54) is 4.68 Å². The smallest absolute Gasteiger partial charge is 0.267 e. The van der Waals surface area contributed by atoms with Crippen LogP contribution in [0.3, 0.4) is 0 Å². The van der Waals surface area contributed by atoms with Crippen molar-refractivity contribution >= 4 is 5.91 Å². The summed E-state index contributed by atoms with van der Waals surface area (Å²) in [5, 5.41) is 4.31. The SMILES string of the molecule is Cc1ccc(=O)n(CC2CCN(C(=O)C3Oc4ccccc4OC3C)CC2)n1. The first-order valence-corrected chi connectivity index (χ1v) is 9.77. The maximum Gasteiger partial charge on any atom is 0.267 e. The first-order valence-electron chi connectivity index (χ1n) is 9.77. The largest absolute Gasteiger partial charge is 0.482 e. The molecule has 0 radical (unpaired) electrons. The van der Waals surface area contributed by atoms with Gasteiger partial charge in [0.2, 0.25) is 6.10 Å². The number of ether oxygens (including phenoxy) is 2. The van der Waals surface area contributed by atoms with E-state index in [4.69, 9.17) is 9.47 Å². The highest BCUT2D eigenvalue weighted by atomic mass is 16.6. The number of piperidine rings is 1. The summed E-state index contributed by atoms with van der Waals surface area (Å²) in [7, 11) is 0. The fraction of sp³-hybridized carbons (Fsp3) is 0.476. The summed E-state index contributed by atoms with van der Waals surface area (Å²) < 4.78 is 13.3. The molecule has 28 heavy (non-hydrogen) atoms. The predicted octanol–water partition coefficient (Wildman–Crippen LogP) is 2.02. The van der Waals surface area contributed by atoms with Crippen molar-refractivity contribution in [2.75, 3.05) is 13.1 Å². The summed E-state index contributed by atoms with van der Waals surface area (Å²) in [5.74, 6) is 1.58. The number of rotatable bonds is 3. The summed E-state index contributed by atoms with van der Waals surface area (Å²) in [6, 6.07) is 10.7. The van der Waals surface area contributed by atoms with E-state index in [0.29, 0.717) is 37.1 Å². The molecule has 0 N–H and O–H groups in total. The third-order valence-corrected chi connectivity index (χ3v) is 5.44. The van der Waals surface area contributed by atoms with E-state index in [2.05, 4.69) is 5.10 Å². The van der Waals surface area contributed by atoms with Gasteiger partial charge in [0.15, 0.2) is 11.5 Å². The molecule has 4 rings (SSSR count). The number of aromatic nitrogens is 2. The number of hydrogen-bond acceptors (Lipinski definition) is 5. The van der Waals surface area contributed by atoms with Gasteiger partial charge in [-0.1, -0.05) is 12.1 Å². The highest BCUT2D eigenvalue weighted by molar-refractivity contribution is 5.82. The van der Waals surface area contributed by atoms with Crippen LogP contribution in [0.4, 0.5) is 0 Å². The number of benzene rings is 1. The van der Waals surface area contributed by atoms with Crippen LogP contribution in [0.5, 0.6) is 11.5 Å². The van der Waals surface area contributed by atoms with Gasteiger partial charge in [-0.05, 0) is 50.8 Å². The molecule has 0 spiro atoms. The molecule has 1 aromatic heterocycles. The van der Waals surface area contributed by atoms with E-state index in [0.717, 1.165) is 18.5 Å². The number of aryl methyl sites for hydroxylation is 1. The van der Waals surface area contributed by atoms with Gasteiger partial charge in [0.25, 0.3) is 11.5 Å². The number of para-hydroxylation sites is 2. The molecule has 148 valence electrons. The molecule has 0 saturated carbocycles. The number of amides is 1. The summed E-state index contributed by atoms with van der Waals surface area (Å²) in [4.78, 5) is 26.8. The molecule has 2 unspecified atom stereocenters. The zero-order valence-corrected chi connectivity index (χ0v) is 16.2. The van der Waals surface area contributed by atoms with Crippen LogP contribution in [0.1, 0.15) is 25.5 Å². The molecule has 2 aliphatic rings. The zero-order chi connectivity index (χ0) is 19.7. The minimum absolute atomic E-state index is 0.0358. The molecule has 7 heteroatoms. The van der Waals surface area contributed by atoms with E-state index in [1.807, 2.05) is 43.0 Å². The molecule has 7 nitrogen and oxygen atoms in total. The fourth-order valence-corrected chi connectivity index (χ4v) is 3.83. The number of likely N-dealkylation sites (tertiary alicyclic amines) is 1. The van der Waals surface area contributed by atoms with Gasteiger partial charge in [0.05, 0.1) is 5.69 Å². The van der Waals surface area contributed by atoms with Gasteiger partial charge in [0.1, 0.15) is 6.10 Å². The number of fused-ring (bicyclic) bond motifs is 1. The van der Waals surface area contributed by atoms with Crippen LogP contribution in [-0.4, -0.2) is 45.9 Å². The van der Waals surface area contributed by atoms with Crippen molar-refractivity contribution in [2.45, 2.75) is 45.4 Å². The molecule has 1 amide bonds. The molecular formula is C21H25N3O4. The van der Waals surface area contributed by atoms with E-state index >= 15 is 0 Å². The van der Waals surface area contributed by atoms with E-state index in [9.17, 15) is 9.59 Å². The van der Waals surface area contributed by atoms with Crippen LogP contribution >= 0.6 is 0 Å². The zero-order valence-electron chi connectivity index (χ0n) is 16.2. The van der Waals surface area contributed by atoms with Crippen LogP contribution < -0.4 is 15.0 Å². The number of nitrogens with zero attached hydrogens (tertiary/aromatic N) is 3. The highest BCUT2D eigenvalue weighted by Gasteiger charge is 2.37. The lowest BCUT2D eigenvalue weighted by Gasteiger charge is -2.37. The first-order chi connectivity index (χ1) is 13.5. The van der Waals surface area contributed by atoms with E-state index < -0.39 is 6.10 Å². The van der Waals surface area contributed by atoms with E-state index in [-0.39, 0.29) is 17.6 Å². The number of carbonyl (C=O) groups excluding carboxylic acids is 1. The topological polar surface area (TPSA) is 73.7 Å². The molecular weight excluding hydrogens is 358 g/mol. The van der Waals surface area contributed by atoms with Gasteiger partial charge in [-0.15, -0.1) is 0 Å². The Morgan fingerprint density at radius 2 is 1.79 bits per heavy atom. The van der Waals surface area contributed by atoms with Crippen LogP contribution in [0, 0.1) is 12.8 Å². The molecule has 0 bridgehead atoms. The third-order valence-electron chi connectivity index (χ3n) is 5.44. The molecule has 1 aromatic carbocycles. The van der Waals surface area contributed by atoms with Crippen molar-refractivity contribution in [2.24, 2.45) is 5.92 Å². The van der Waals surface area contributed by atoms with Gasteiger partial charge < -0.3 is 14.4 Å². The fourth-order valence-electron chi connectivity index (χ4n) is 3.83. The summed E-state index contributed by atoms with van der Waals surface area (Å²) in [6.07, 6.45) is 0.710. The Kier molecular flexibility index (Phi) is 5.07.